The van der Waals surface area contributed by atoms with Gasteiger partial charge in [0.15, 0.2) is 0 Å². The molecule has 0 saturated heterocycles. The van der Waals surface area contributed by atoms with Gasteiger partial charge >= 0.3 is 7.82 Å². The maximum Gasteiger partial charge on any atom is 0.472 e. The zero-order valence-electron chi connectivity index (χ0n) is 46.9. The van der Waals surface area contributed by atoms with Crippen molar-refractivity contribution in [1.29, 1.82) is 0 Å². The second kappa shape index (κ2) is 52.5. The number of likely N-dealkylation sites (N-methyl/N-ethyl adjacent to an activating group) is 1. The first-order chi connectivity index (χ1) is 34.5. The van der Waals surface area contributed by atoms with Crippen LogP contribution >= 0.6 is 7.82 Å². The summed E-state index contributed by atoms with van der Waals surface area (Å²) in [6.45, 7) is 4.78. The molecule has 0 rings (SSSR count). The highest BCUT2D eigenvalue weighted by atomic mass is 31.2. The van der Waals surface area contributed by atoms with Gasteiger partial charge in [-0.15, -0.1) is 0 Å². The van der Waals surface area contributed by atoms with Crippen LogP contribution in [0.1, 0.15) is 251 Å². The van der Waals surface area contributed by atoms with E-state index >= 15 is 0 Å². The van der Waals surface area contributed by atoms with Gasteiger partial charge in [-0.25, -0.2) is 4.57 Å². The molecule has 3 N–H and O–H groups in total. The van der Waals surface area contributed by atoms with Crippen molar-refractivity contribution < 1.29 is 32.9 Å². The Bertz CT molecular complexity index is 1430. The van der Waals surface area contributed by atoms with Crippen molar-refractivity contribution in [1.82, 2.24) is 5.32 Å². The number of aliphatic hydroxyl groups is 1. The van der Waals surface area contributed by atoms with Gasteiger partial charge < -0.3 is 19.8 Å². The van der Waals surface area contributed by atoms with Gasteiger partial charge in [0.05, 0.1) is 39.9 Å². The molecule has 9 heteroatoms. The van der Waals surface area contributed by atoms with Crippen molar-refractivity contribution in [3.05, 3.63) is 85.1 Å². The van der Waals surface area contributed by atoms with E-state index in [0.29, 0.717) is 23.9 Å². The van der Waals surface area contributed by atoms with E-state index in [0.717, 1.165) is 83.5 Å². The number of carbonyl (C=O) groups is 1. The lowest BCUT2D eigenvalue weighted by atomic mass is 10.0. The zero-order chi connectivity index (χ0) is 52.0. The highest BCUT2D eigenvalue weighted by Gasteiger charge is 2.28. The Morgan fingerprint density at radius 3 is 1.24 bits per heavy atom. The van der Waals surface area contributed by atoms with E-state index in [1.165, 1.54) is 141 Å². The number of nitrogens with one attached hydrogen (secondary N) is 1. The van der Waals surface area contributed by atoms with Crippen LogP contribution in [-0.4, -0.2) is 73.4 Å². The van der Waals surface area contributed by atoms with Crippen molar-refractivity contribution in [2.75, 3.05) is 40.9 Å². The molecule has 3 atom stereocenters. The maximum absolute atomic E-state index is 13.0. The quantitative estimate of drug-likeness (QED) is 0.0243. The van der Waals surface area contributed by atoms with Crippen LogP contribution in [0.5, 0.6) is 0 Å². The van der Waals surface area contributed by atoms with E-state index in [1.54, 1.807) is 0 Å². The van der Waals surface area contributed by atoms with Crippen LogP contribution in [0.25, 0.3) is 0 Å². The van der Waals surface area contributed by atoms with Crippen LogP contribution in [0.3, 0.4) is 0 Å². The number of phosphoric acid groups is 1. The molecule has 0 spiro atoms. The molecule has 0 aromatic carbocycles. The normalized spacial score (nSPS) is 14.5. The molecular formula is C62H114N2O6P+. The van der Waals surface area contributed by atoms with E-state index in [-0.39, 0.29) is 19.1 Å². The SMILES string of the molecule is CC/C=C\C/C=C\C/C=C\C/C=C\C/C=C\C/C=C\C/C=C\CCCCCCCCCCCCCCCC(=O)NC(COP(=O)(O)OCC[N+](C)(C)C)C(O)CCCCCCCCCCCCCCCC. The smallest absolute Gasteiger partial charge is 0.391 e. The molecule has 0 heterocycles. The van der Waals surface area contributed by atoms with Crippen LogP contribution in [0.15, 0.2) is 85.1 Å². The fourth-order valence-electron chi connectivity index (χ4n) is 8.32. The van der Waals surface area contributed by atoms with E-state index in [1.807, 2.05) is 21.1 Å². The average Bonchev–Trinajstić information content (AvgIpc) is 3.33. The van der Waals surface area contributed by atoms with Gasteiger partial charge in [-0.1, -0.05) is 259 Å². The number of amides is 1. The summed E-state index contributed by atoms with van der Waals surface area (Å²) in [6.07, 6.45) is 73.6. The lowest BCUT2D eigenvalue weighted by molar-refractivity contribution is -0.870. The van der Waals surface area contributed by atoms with E-state index in [9.17, 15) is 19.4 Å². The summed E-state index contributed by atoms with van der Waals surface area (Å²) in [7, 11) is 1.61. The molecule has 0 aromatic rings. The molecule has 71 heavy (non-hydrogen) atoms. The van der Waals surface area contributed by atoms with Gasteiger partial charge in [0.25, 0.3) is 0 Å². The third kappa shape index (κ3) is 55.3. The number of rotatable bonds is 53. The number of nitrogens with zero attached hydrogens (tertiary/aromatic N) is 1. The van der Waals surface area contributed by atoms with Crippen LogP contribution in [-0.2, 0) is 18.4 Å². The summed E-state index contributed by atoms with van der Waals surface area (Å²) in [5.74, 6) is -0.148. The van der Waals surface area contributed by atoms with Crippen LogP contribution in [0, 0.1) is 0 Å². The van der Waals surface area contributed by atoms with E-state index < -0.39 is 20.0 Å². The van der Waals surface area contributed by atoms with Crippen molar-refractivity contribution in [3.63, 3.8) is 0 Å². The number of allylic oxidation sites excluding steroid dienone is 14. The third-order valence-electron chi connectivity index (χ3n) is 12.9. The van der Waals surface area contributed by atoms with E-state index in [4.69, 9.17) is 9.05 Å². The molecule has 412 valence electrons. The molecular weight excluding hydrogens is 900 g/mol. The molecule has 0 saturated carbocycles. The molecule has 0 bridgehead atoms. The minimum Gasteiger partial charge on any atom is -0.391 e. The summed E-state index contributed by atoms with van der Waals surface area (Å²) in [4.78, 5) is 23.3. The molecule has 0 radical (unpaired) electrons. The first-order valence-electron chi connectivity index (χ1n) is 29.5. The predicted octanol–water partition coefficient (Wildman–Crippen LogP) is 18.0. The topological polar surface area (TPSA) is 105 Å². The second-order valence-corrected chi connectivity index (χ2v) is 22.4. The Morgan fingerprint density at radius 1 is 0.493 bits per heavy atom. The number of unbranched alkanes of at least 4 members (excludes halogenated alkanes) is 26. The zero-order valence-corrected chi connectivity index (χ0v) is 47.8. The summed E-state index contributed by atoms with van der Waals surface area (Å²) in [6, 6.07) is -0.765. The Morgan fingerprint density at radius 2 is 0.845 bits per heavy atom. The van der Waals surface area contributed by atoms with Crippen LogP contribution in [0.2, 0.25) is 0 Å². The third-order valence-corrected chi connectivity index (χ3v) is 13.9. The second-order valence-electron chi connectivity index (χ2n) is 21.0. The van der Waals surface area contributed by atoms with Gasteiger partial charge in [-0.2, -0.15) is 0 Å². The molecule has 8 nitrogen and oxygen atoms in total. The van der Waals surface area contributed by atoms with Crippen molar-refractivity contribution in [2.24, 2.45) is 0 Å². The number of hydrogen-bond donors (Lipinski definition) is 3. The number of aliphatic hydroxyl groups excluding tert-OH is 1. The first kappa shape index (κ1) is 68.7. The van der Waals surface area contributed by atoms with Crippen molar-refractivity contribution in [3.8, 4) is 0 Å². The van der Waals surface area contributed by atoms with Gasteiger partial charge in [-0.3, -0.25) is 13.8 Å². The van der Waals surface area contributed by atoms with Crippen molar-refractivity contribution in [2.45, 2.75) is 264 Å². The molecule has 0 fully saturated rings. The van der Waals surface area contributed by atoms with Crippen molar-refractivity contribution >= 4 is 13.7 Å². The monoisotopic (exact) mass is 1010 g/mol. The number of hydrogen-bond acceptors (Lipinski definition) is 5. The Kier molecular flexibility index (Phi) is 50.8. The standard InChI is InChI=1S/C62H113N2O6P/c1-6-8-10-12-14-16-18-20-22-23-24-25-26-27-28-29-30-31-32-33-34-35-36-37-38-39-40-41-42-44-46-48-50-52-54-56-62(66)63-60(59-70-71(67,68)69-58-57-64(3,4)5)61(65)55-53-51-49-47-45-43-21-19-17-15-13-11-9-7-2/h8,10,14,16,20,22,24-25,27-28,30-31,33-34,60-61,65H,6-7,9,11-13,15,17-19,21,23,26,29,32,35-59H2,1-5H3,(H-,63,66,67,68)/p+1/b10-8-,16-14-,22-20-,25-24-,28-27-,31-30-,34-33-. The highest BCUT2D eigenvalue weighted by Crippen LogP contribution is 2.43. The Labute approximate surface area is 439 Å². The summed E-state index contributed by atoms with van der Waals surface area (Å²) >= 11 is 0. The summed E-state index contributed by atoms with van der Waals surface area (Å²) in [5.41, 5.74) is 0. The predicted molar refractivity (Wildman–Crippen MR) is 309 cm³/mol. The minimum atomic E-state index is -4.32. The maximum atomic E-state index is 13.0. The molecule has 3 unspecified atom stereocenters. The van der Waals surface area contributed by atoms with Gasteiger partial charge in [-0.05, 0) is 70.6 Å². The number of phosphoric ester groups is 1. The minimum absolute atomic E-state index is 0.0721. The lowest BCUT2D eigenvalue weighted by Gasteiger charge is -2.26. The number of quaternary nitrogens is 1. The van der Waals surface area contributed by atoms with E-state index in [2.05, 4.69) is 104 Å². The lowest BCUT2D eigenvalue weighted by Crippen LogP contribution is -2.46. The molecule has 0 aromatic heterocycles. The van der Waals surface area contributed by atoms with Crippen LogP contribution in [0.4, 0.5) is 0 Å². The van der Waals surface area contributed by atoms with Gasteiger partial charge in [0.1, 0.15) is 13.2 Å². The molecule has 0 aliphatic heterocycles. The molecule has 0 aliphatic rings. The van der Waals surface area contributed by atoms with Gasteiger partial charge in [0, 0.05) is 6.42 Å². The van der Waals surface area contributed by atoms with Gasteiger partial charge in [0.2, 0.25) is 5.91 Å². The summed E-state index contributed by atoms with van der Waals surface area (Å²) in [5, 5.41) is 14.0. The Balaban J connectivity index is 4.06. The fourth-order valence-corrected chi connectivity index (χ4v) is 9.06. The summed E-state index contributed by atoms with van der Waals surface area (Å²) < 4.78 is 23.8. The fraction of sp³-hybridized carbons (Fsp3) is 0.758. The molecule has 0 aliphatic carbocycles. The highest BCUT2D eigenvalue weighted by molar-refractivity contribution is 7.47. The largest absolute Gasteiger partial charge is 0.472 e. The first-order valence-corrected chi connectivity index (χ1v) is 30.9. The molecule has 1 amide bonds. The average molecular weight is 1010 g/mol. The number of carbonyl (C=O) groups excluding carboxylic acids is 1. The Hall–Kier alpha value is -2.32. The van der Waals surface area contributed by atoms with Crippen LogP contribution < -0.4 is 5.32 Å².